The Bertz CT molecular complexity index is 567. The largest absolute Gasteiger partial charge is 0.493 e. The van der Waals surface area contributed by atoms with Gasteiger partial charge in [0.05, 0.1) is 6.61 Å². The second-order valence-corrected chi connectivity index (χ2v) is 5.62. The minimum absolute atomic E-state index is 0.358. The number of hydrogen-bond donors (Lipinski definition) is 1. The van der Waals surface area contributed by atoms with Crippen molar-refractivity contribution in [2.45, 2.75) is 31.7 Å². The molecule has 2 aromatic rings. The molecule has 1 aliphatic rings. The first kappa shape index (κ1) is 14.2. The average molecular weight is 281 g/mol. The minimum Gasteiger partial charge on any atom is -0.493 e. The molecule has 0 amide bonds. The molecular formula is C19H23NO. The van der Waals surface area contributed by atoms with Crippen LogP contribution >= 0.6 is 0 Å². The van der Waals surface area contributed by atoms with E-state index in [1.165, 1.54) is 11.1 Å². The van der Waals surface area contributed by atoms with Crippen LogP contribution < -0.4 is 10.1 Å². The predicted molar refractivity (Wildman–Crippen MR) is 86.8 cm³/mol. The van der Waals surface area contributed by atoms with Crippen molar-refractivity contribution < 1.29 is 4.74 Å². The van der Waals surface area contributed by atoms with Crippen molar-refractivity contribution in [2.24, 2.45) is 0 Å². The first-order valence-corrected chi connectivity index (χ1v) is 7.90. The monoisotopic (exact) mass is 281 g/mol. The summed E-state index contributed by atoms with van der Waals surface area (Å²) in [7, 11) is 0. The fourth-order valence-electron chi connectivity index (χ4n) is 3.17. The Morgan fingerprint density at radius 3 is 2.67 bits per heavy atom. The van der Waals surface area contributed by atoms with Crippen LogP contribution in [-0.2, 0) is 0 Å². The van der Waals surface area contributed by atoms with E-state index in [1.807, 2.05) is 0 Å². The molecule has 1 aliphatic heterocycles. The van der Waals surface area contributed by atoms with E-state index in [4.69, 9.17) is 4.74 Å². The van der Waals surface area contributed by atoms with Crippen LogP contribution in [0.2, 0.25) is 0 Å². The Kier molecular flexibility index (Phi) is 4.56. The molecule has 0 radical (unpaired) electrons. The van der Waals surface area contributed by atoms with E-state index < -0.39 is 0 Å². The van der Waals surface area contributed by atoms with Gasteiger partial charge in [0, 0.05) is 12.0 Å². The summed E-state index contributed by atoms with van der Waals surface area (Å²) in [6.45, 7) is 4.06. The van der Waals surface area contributed by atoms with E-state index in [1.54, 1.807) is 0 Å². The second kappa shape index (κ2) is 6.77. The maximum atomic E-state index is 5.82. The van der Waals surface area contributed by atoms with Gasteiger partial charge < -0.3 is 10.1 Å². The van der Waals surface area contributed by atoms with Gasteiger partial charge in [-0.05, 0) is 36.6 Å². The molecule has 0 aliphatic carbocycles. The van der Waals surface area contributed by atoms with Crippen LogP contribution in [-0.4, -0.2) is 13.2 Å². The molecule has 0 aromatic heterocycles. The predicted octanol–water partition coefficient (Wildman–Crippen LogP) is 4.29. The van der Waals surface area contributed by atoms with Gasteiger partial charge in [0.2, 0.25) is 0 Å². The molecule has 0 saturated carbocycles. The Balaban J connectivity index is 1.94. The van der Waals surface area contributed by atoms with Crippen LogP contribution in [0.1, 0.15) is 42.9 Å². The molecule has 0 fully saturated rings. The Labute approximate surface area is 127 Å². The molecule has 110 valence electrons. The van der Waals surface area contributed by atoms with Crippen molar-refractivity contribution in [1.29, 1.82) is 0 Å². The summed E-state index contributed by atoms with van der Waals surface area (Å²) in [5, 5.41) is 3.74. The first-order valence-electron chi connectivity index (χ1n) is 7.90. The van der Waals surface area contributed by atoms with Crippen LogP contribution in [0.15, 0.2) is 54.6 Å². The summed E-state index contributed by atoms with van der Waals surface area (Å²) in [4.78, 5) is 0. The zero-order chi connectivity index (χ0) is 14.5. The average Bonchev–Trinajstić information content (AvgIpc) is 2.56. The molecular weight excluding hydrogens is 258 g/mol. The van der Waals surface area contributed by atoms with Crippen molar-refractivity contribution in [2.75, 3.05) is 13.2 Å². The van der Waals surface area contributed by atoms with E-state index in [2.05, 4.69) is 66.8 Å². The third-order valence-corrected chi connectivity index (χ3v) is 4.18. The first-order chi connectivity index (χ1) is 10.4. The molecule has 0 saturated heterocycles. The van der Waals surface area contributed by atoms with Gasteiger partial charge in [0.25, 0.3) is 0 Å². The van der Waals surface area contributed by atoms with Gasteiger partial charge in [-0.1, -0.05) is 55.5 Å². The minimum atomic E-state index is 0.358. The molecule has 1 N–H and O–H groups in total. The quantitative estimate of drug-likeness (QED) is 0.882. The number of hydrogen-bond acceptors (Lipinski definition) is 2. The van der Waals surface area contributed by atoms with Gasteiger partial charge in [0.1, 0.15) is 5.75 Å². The van der Waals surface area contributed by atoms with Crippen molar-refractivity contribution in [1.82, 2.24) is 5.32 Å². The zero-order valence-corrected chi connectivity index (χ0v) is 12.6. The summed E-state index contributed by atoms with van der Waals surface area (Å²) < 4.78 is 5.82. The Morgan fingerprint density at radius 2 is 1.86 bits per heavy atom. The highest BCUT2D eigenvalue weighted by atomic mass is 16.5. The van der Waals surface area contributed by atoms with E-state index in [9.17, 15) is 0 Å². The lowest BCUT2D eigenvalue weighted by Crippen LogP contribution is -2.30. The van der Waals surface area contributed by atoms with Crippen molar-refractivity contribution in [3.63, 3.8) is 0 Å². The van der Waals surface area contributed by atoms with Crippen LogP contribution in [0.25, 0.3) is 0 Å². The maximum absolute atomic E-state index is 5.82. The molecule has 21 heavy (non-hydrogen) atoms. The molecule has 0 spiro atoms. The smallest absolute Gasteiger partial charge is 0.122 e. The Morgan fingerprint density at radius 1 is 1.10 bits per heavy atom. The summed E-state index contributed by atoms with van der Waals surface area (Å²) in [5.41, 5.74) is 2.70. The molecule has 2 aromatic carbocycles. The van der Waals surface area contributed by atoms with Crippen molar-refractivity contribution in [3.05, 3.63) is 65.7 Å². The van der Waals surface area contributed by atoms with E-state index >= 15 is 0 Å². The zero-order valence-electron chi connectivity index (χ0n) is 12.6. The van der Waals surface area contributed by atoms with Gasteiger partial charge >= 0.3 is 0 Å². The molecule has 0 bridgehead atoms. The van der Waals surface area contributed by atoms with Crippen LogP contribution in [0.5, 0.6) is 5.75 Å². The van der Waals surface area contributed by atoms with E-state index in [0.29, 0.717) is 12.0 Å². The van der Waals surface area contributed by atoms with Gasteiger partial charge in [0.15, 0.2) is 0 Å². The van der Waals surface area contributed by atoms with Crippen molar-refractivity contribution in [3.8, 4) is 5.75 Å². The lowest BCUT2D eigenvalue weighted by atomic mass is 9.83. The van der Waals surface area contributed by atoms with E-state index in [0.717, 1.165) is 31.7 Å². The molecule has 2 nitrogen and oxygen atoms in total. The van der Waals surface area contributed by atoms with Crippen LogP contribution in [0, 0.1) is 0 Å². The van der Waals surface area contributed by atoms with Crippen LogP contribution in [0.4, 0.5) is 0 Å². The topological polar surface area (TPSA) is 21.3 Å². The number of para-hydroxylation sites is 1. The van der Waals surface area contributed by atoms with E-state index in [-0.39, 0.29) is 0 Å². The van der Waals surface area contributed by atoms with Crippen LogP contribution in [0.3, 0.4) is 0 Å². The normalized spacial score (nSPS) is 18.6. The Hall–Kier alpha value is -1.80. The molecule has 2 unspecified atom stereocenters. The number of benzene rings is 2. The summed E-state index contributed by atoms with van der Waals surface area (Å²) in [6.07, 6.45) is 2.21. The van der Waals surface area contributed by atoms with Crippen molar-refractivity contribution >= 4 is 0 Å². The number of ether oxygens (including phenoxy) is 1. The third-order valence-electron chi connectivity index (χ3n) is 4.18. The molecule has 2 heteroatoms. The third kappa shape index (κ3) is 3.11. The lowest BCUT2D eigenvalue weighted by molar-refractivity contribution is 0.246. The lowest BCUT2D eigenvalue weighted by Gasteiger charge is -2.33. The molecule has 3 rings (SSSR count). The highest BCUT2D eigenvalue weighted by Crippen LogP contribution is 2.41. The van der Waals surface area contributed by atoms with Gasteiger partial charge in [-0.2, -0.15) is 0 Å². The highest BCUT2D eigenvalue weighted by Gasteiger charge is 2.29. The summed E-state index contributed by atoms with van der Waals surface area (Å²) in [6, 6.07) is 19.6. The SMILES string of the molecule is CCCNC(c1ccccc1)C1CCOc2ccccc21. The highest BCUT2D eigenvalue weighted by molar-refractivity contribution is 5.40. The number of fused-ring (bicyclic) bond motifs is 1. The fraction of sp³-hybridized carbons (Fsp3) is 0.368. The van der Waals surface area contributed by atoms with Gasteiger partial charge in [-0.3, -0.25) is 0 Å². The number of rotatable bonds is 5. The maximum Gasteiger partial charge on any atom is 0.122 e. The molecule has 1 heterocycles. The fourth-order valence-corrected chi connectivity index (χ4v) is 3.17. The molecule has 2 atom stereocenters. The summed E-state index contributed by atoms with van der Waals surface area (Å²) in [5.74, 6) is 1.52. The standard InChI is InChI=1S/C19H23NO/c1-2-13-20-19(15-8-4-3-5-9-15)17-12-14-21-18-11-7-6-10-16(17)18/h3-11,17,19-20H,2,12-14H2,1H3. The number of nitrogens with one attached hydrogen (secondary N) is 1. The van der Waals surface area contributed by atoms with Gasteiger partial charge in [-0.25, -0.2) is 0 Å². The second-order valence-electron chi connectivity index (χ2n) is 5.62. The van der Waals surface area contributed by atoms with Gasteiger partial charge in [-0.15, -0.1) is 0 Å². The summed E-state index contributed by atoms with van der Waals surface area (Å²) >= 11 is 0.